The van der Waals surface area contributed by atoms with E-state index < -0.39 is 12.0 Å². The number of hydrogen-bond acceptors (Lipinski definition) is 5. The molecule has 0 aromatic heterocycles. The molecule has 30 heavy (non-hydrogen) atoms. The Morgan fingerprint density at radius 2 is 1.77 bits per heavy atom. The van der Waals surface area contributed by atoms with Gasteiger partial charge in [-0.25, -0.2) is 4.79 Å². The number of nitriles is 1. The first-order valence-electron chi connectivity index (χ1n) is 9.53. The lowest BCUT2D eigenvalue weighted by atomic mass is 10.1. The first kappa shape index (κ1) is 20.7. The van der Waals surface area contributed by atoms with Crippen molar-refractivity contribution in [3.63, 3.8) is 0 Å². The van der Waals surface area contributed by atoms with Crippen LogP contribution in [0, 0.1) is 11.3 Å². The fraction of sp³-hybridized carbons (Fsp3) is 0.167. The Morgan fingerprint density at radius 3 is 2.40 bits per heavy atom. The maximum atomic E-state index is 11.9. The van der Waals surface area contributed by atoms with Crippen molar-refractivity contribution in [2.45, 2.75) is 19.6 Å². The highest BCUT2D eigenvalue weighted by atomic mass is 16.5. The van der Waals surface area contributed by atoms with Gasteiger partial charge in [0, 0.05) is 5.69 Å². The van der Waals surface area contributed by atoms with Crippen molar-refractivity contribution in [1.29, 1.82) is 5.26 Å². The molecule has 152 valence electrons. The average Bonchev–Trinajstić information content (AvgIpc) is 2.78. The fourth-order valence-corrected chi connectivity index (χ4v) is 2.92. The second-order valence-corrected chi connectivity index (χ2v) is 6.52. The van der Waals surface area contributed by atoms with Crippen LogP contribution in [0.25, 0.3) is 0 Å². The van der Waals surface area contributed by atoms with E-state index in [4.69, 9.17) is 14.7 Å². The molecule has 0 bridgehead atoms. The lowest BCUT2D eigenvalue weighted by molar-refractivity contribution is -0.138. The van der Waals surface area contributed by atoms with Gasteiger partial charge in [-0.1, -0.05) is 36.4 Å². The molecule has 0 aliphatic rings. The maximum Gasteiger partial charge on any atom is 0.330 e. The highest BCUT2D eigenvalue weighted by Gasteiger charge is 2.21. The van der Waals surface area contributed by atoms with Gasteiger partial charge in [0.1, 0.15) is 6.61 Å². The van der Waals surface area contributed by atoms with Crippen LogP contribution in [0.5, 0.6) is 11.5 Å². The van der Waals surface area contributed by atoms with Gasteiger partial charge in [-0.3, -0.25) is 0 Å². The second-order valence-electron chi connectivity index (χ2n) is 6.52. The Morgan fingerprint density at radius 1 is 1.03 bits per heavy atom. The molecule has 0 amide bonds. The number of nitrogens with zero attached hydrogens (tertiary/aromatic N) is 1. The van der Waals surface area contributed by atoms with Gasteiger partial charge in [-0.15, -0.1) is 0 Å². The summed E-state index contributed by atoms with van der Waals surface area (Å²) in [5.74, 6) is 0.00513. The largest absolute Gasteiger partial charge is 0.490 e. The Labute approximate surface area is 175 Å². The molecule has 2 N–H and O–H groups in total. The SMILES string of the molecule is CCOc1cc(C(Nc2ccc(C#N)cc2)C(=O)O)ccc1OCc1ccccc1. The topological polar surface area (TPSA) is 91.6 Å². The molecule has 0 radical (unpaired) electrons. The Balaban J connectivity index is 1.82. The monoisotopic (exact) mass is 402 g/mol. The quantitative estimate of drug-likeness (QED) is 0.535. The minimum absolute atomic E-state index is 0.381. The summed E-state index contributed by atoms with van der Waals surface area (Å²) in [6, 6.07) is 22.5. The second kappa shape index (κ2) is 9.99. The number of carboxylic acids is 1. The highest BCUT2D eigenvalue weighted by molar-refractivity contribution is 5.79. The molecule has 1 atom stereocenters. The van der Waals surface area contributed by atoms with Crippen LogP contribution in [0.15, 0.2) is 72.8 Å². The summed E-state index contributed by atoms with van der Waals surface area (Å²) in [5, 5.41) is 21.6. The maximum absolute atomic E-state index is 11.9. The summed E-state index contributed by atoms with van der Waals surface area (Å²) in [6.45, 7) is 2.66. The van der Waals surface area contributed by atoms with Gasteiger partial charge in [0.25, 0.3) is 0 Å². The Kier molecular flexibility index (Phi) is 6.91. The number of benzene rings is 3. The molecular weight excluding hydrogens is 380 g/mol. The van der Waals surface area contributed by atoms with E-state index in [9.17, 15) is 9.90 Å². The molecule has 0 aliphatic heterocycles. The van der Waals surface area contributed by atoms with Crippen LogP contribution < -0.4 is 14.8 Å². The summed E-state index contributed by atoms with van der Waals surface area (Å²) >= 11 is 0. The van der Waals surface area contributed by atoms with E-state index in [0.29, 0.717) is 41.5 Å². The third-order valence-electron chi connectivity index (χ3n) is 4.41. The summed E-state index contributed by atoms with van der Waals surface area (Å²) in [6.07, 6.45) is 0. The normalized spacial score (nSPS) is 11.2. The molecule has 6 heteroatoms. The highest BCUT2D eigenvalue weighted by Crippen LogP contribution is 2.32. The molecule has 3 rings (SSSR count). The zero-order chi connectivity index (χ0) is 21.3. The van der Waals surface area contributed by atoms with Crippen LogP contribution >= 0.6 is 0 Å². The van der Waals surface area contributed by atoms with Gasteiger partial charge in [-0.05, 0) is 54.4 Å². The molecule has 0 spiro atoms. The smallest absolute Gasteiger partial charge is 0.330 e. The van der Waals surface area contributed by atoms with Gasteiger partial charge >= 0.3 is 5.97 Å². The molecule has 0 saturated carbocycles. The molecule has 0 aliphatic carbocycles. The van der Waals surface area contributed by atoms with Gasteiger partial charge < -0.3 is 19.9 Å². The van der Waals surface area contributed by atoms with E-state index in [1.165, 1.54) is 0 Å². The average molecular weight is 402 g/mol. The molecule has 0 heterocycles. The number of nitrogens with one attached hydrogen (secondary N) is 1. The number of carbonyl (C=O) groups is 1. The van der Waals surface area contributed by atoms with E-state index in [2.05, 4.69) is 5.32 Å². The molecule has 0 fully saturated rings. The molecule has 0 saturated heterocycles. The predicted molar refractivity (Wildman–Crippen MR) is 114 cm³/mol. The number of anilines is 1. The van der Waals surface area contributed by atoms with Crippen LogP contribution in [0.1, 0.15) is 29.7 Å². The molecular formula is C24H22N2O4. The van der Waals surface area contributed by atoms with Crippen molar-refractivity contribution in [3.8, 4) is 17.6 Å². The van der Waals surface area contributed by atoms with Gasteiger partial charge in [-0.2, -0.15) is 5.26 Å². The first-order chi connectivity index (χ1) is 14.6. The van der Waals surface area contributed by atoms with E-state index in [-0.39, 0.29) is 0 Å². The molecule has 6 nitrogen and oxygen atoms in total. The van der Waals surface area contributed by atoms with E-state index >= 15 is 0 Å². The third kappa shape index (κ3) is 5.30. The van der Waals surface area contributed by atoms with Crippen molar-refractivity contribution >= 4 is 11.7 Å². The van der Waals surface area contributed by atoms with Crippen LogP contribution in [0.4, 0.5) is 5.69 Å². The molecule has 1 unspecified atom stereocenters. The van der Waals surface area contributed by atoms with Crippen molar-refractivity contribution in [1.82, 2.24) is 0 Å². The minimum atomic E-state index is -1.03. The molecule has 3 aromatic carbocycles. The van der Waals surface area contributed by atoms with E-state index in [1.807, 2.05) is 43.3 Å². The Hall–Kier alpha value is -3.98. The summed E-state index contributed by atoms with van der Waals surface area (Å²) in [5.41, 5.74) is 2.66. The first-order valence-corrected chi connectivity index (χ1v) is 9.53. The van der Waals surface area contributed by atoms with Crippen LogP contribution in [0.3, 0.4) is 0 Å². The van der Waals surface area contributed by atoms with Crippen LogP contribution in [-0.4, -0.2) is 17.7 Å². The van der Waals surface area contributed by atoms with Gasteiger partial charge in [0.2, 0.25) is 0 Å². The predicted octanol–water partition coefficient (Wildman–Crippen LogP) is 4.77. The van der Waals surface area contributed by atoms with Crippen molar-refractivity contribution < 1.29 is 19.4 Å². The summed E-state index contributed by atoms with van der Waals surface area (Å²) in [7, 11) is 0. The zero-order valence-electron chi connectivity index (χ0n) is 16.5. The number of aliphatic carboxylic acids is 1. The van der Waals surface area contributed by atoms with Crippen molar-refractivity contribution in [2.24, 2.45) is 0 Å². The van der Waals surface area contributed by atoms with Crippen LogP contribution in [-0.2, 0) is 11.4 Å². The standard InChI is InChI=1S/C24H22N2O4/c1-2-29-22-14-19(10-13-21(22)30-16-18-6-4-3-5-7-18)23(24(27)28)26-20-11-8-17(15-25)9-12-20/h3-14,23,26H,2,16H2,1H3,(H,27,28). The van der Waals surface area contributed by atoms with Crippen molar-refractivity contribution in [2.75, 3.05) is 11.9 Å². The number of rotatable bonds is 9. The minimum Gasteiger partial charge on any atom is -0.490 e. The number of hydrogen-bond donors (Lipinski definition) is 2. The van der Waals surface area contributed by atoms with Crippen molar-refractivity contribution in [3.05, 3.63) is 89.5 Å². The van der Waals surface area contributed by atoms with E-state index in [0.717, 1.165) is 5.56 Å². The number of ether oxygens (including phenoxy) is 2. The Bertz CT molecular complexity index is 1030. The van der Waals surface area contributed by atoms with Gasteiger partial charge in [0.15, 0.2) is 17.5 Å². The number of carboxylic acid groups (broad SMARTS) is 1. The zero-order valence-corrected chi connectivity index (χ0v) is 16.5. The van der Waals surface area contributed by atoms with Crippen LogP contribution in [0.2, 0.25) is 0 Å². The summed E-state index contributed by atoms with van der Waals surface area (Å²) in [4.78, 5) is 11.9. The lowest BCUT2D eigenvalue weighted by Crippen LogP contribution is -2.20. The lowest BCUT2D eigenvalue weighted by Gasteiger charge is -2.19. The van der Waals surface area contributed by atoms with E-state index in [1.54, 1.807) is 42.5 Å². The molecule has 3 aromatic rings. The fourth-order valence-electron chi connectivity index (χ4n) is 2.92. The summed E-state index contributed by atoms with van der Waals surface area (Å²) < 4.78 is 11.6. The van der Waals surface area contributed by atoms with Gasteiger partial charge in [0.05, 0.1) is 18.2 Å². The third-order valence-corrected chi connectivity index (χ3v) is 4.41.